The van der Waals surface area contributed by atoms with Crippen LogP contribution in [0.5, 0.6) is 0 Å². The molecule has 0 radical (unpaired) electrons. The van der Waals surface area contributed by atoms with Crippen molar-refractivity contribution in [3.63, 3.8) is 0 Å². The van der Waals surface area contributed by atoms with E-state index in [1.165, 1.54) is 10.4 Å². The highest BCUT2D eigenvalue weighted by molar-refractivity contribution is 7.19. The Balaban J connectivity index is 0.000000280. The van der Waals surface area contributed by atoms with Crippen molar-refractivity contribution in [1.29, 1.82) is 0 Å². The van der Waals surface area contributed by atoms with Crippen LogP contribution in [0.15, 0.2) is 6.07 Å². The number of hydrogen-bond donors (Lipinski definition) is 0. The number of carbonyl (C=O) groups excluding carboxylic acids is 2. The van der Waals surface area contributed by atoms with Gasteiger partial charge in [0.25, 0.3) is 6.47 Å². The Morgan fingerprint density at radius 2 is 2.06 bits per heavy atom. The van der Waals surface area contributed by atoms with Crippen molar-refractivity contribution in [3.05, 3.63) is 22.2 Å². The van der Waals surface area contributed by atoms with Gasteiger partial charge in [0.05, 0.1) is 22.4 Å². The van der Waals surface area contributed by atoms with E-state index < -0.39 is 0 Å². The molecule has 5 heteroatoms. The van der Waals surface area contributed by atoms with Crippen LogP contribution in [-0.4, -0.2) is 23.9 Å². The van der Waals surface area contributed by atoms with Crippen LogP contribution >= 0.6 is 11.3 Å². The molecule has 0 spiro atoms. The molecule has 18 heavy (non-hydrogen) atoms. The van der Waals surface area contributed by atoms with E-state index in [1.54, 1.807) is 18.3 Å². The van der Waals surface area contributed by atoms with Gasteiger partial charge in [-0.15, -0.1) is 11.3 Å². The van der Waals surface area contributed by atoms with Gasteiger partial charge >= 0.3 is 0 Å². The molecule has 0 aliphatic rings. The lowest BCUT2D eigenvalue weighted by Crippen LogP contribution is -1.91. The molecule has 0 aromatic carbocycles. The minimum Gasteiger partial charge on any atom is -0.468 e. The molecule has 4 nitrogen and oxygen atoms in total. The van der Waals surface area contributed by atoms with Crippen molar-refractivity contribution in [1.82, 2.24) is 4.57 Å². The molecule has 0 aliphatic carbocycles. The topological polar surface area (TPSA) is 48.3 Å². The fourth-order valence-electron chi connectivity index (χ4n) is 1.68. The molecule has 98 valence electrons. The summed E-state index contributed by atoms with van der Waals surface area (Å²) in [7, 11) is 2.00. The number of carbonyl (C=O) groups is 2. The Kier molecular flexibility index (Phi) is 5.09. The van der Waals surface area contributed by atoms with Crippen LogP contribution in [0.3, 0.4) is 0 Å². The lowest BCUT2D eigenvalue weighted by atomic mass is 10.3. The van der Waals surface area contributed by atoms with Crippen molar-refractivity contribution >= 4 is 34.3 Å². The molecular formula is C13H17NO3S. The van der Waals surface area contributed by atoms with Gasteiger partial charge in [0.1, 0.15) is 0 Å². The van der Waals surface area contributed by atoms with E-state index in [0.717, 1.165) is 22.2 Å². The third kappa shape index (κ3) is 2.79. The van der Waals surface area contributed by atoms with Gasteiger partial charge in [0, 0.05) is 17.6 Å². The lowest BCUT2D eigenvalue weighted by Gasteiger charge is -1.96. The molecule has 0 aliphatic heterocycles. The van der Waals surface area contributed by atoms with Crippen LogP contribution in [0.4, 0.5) is 0 Å². The number of fused-ring (bicyclic) bond motifs is 1. The molecule has 0 fully saturated rings. The van der Waals surface area contributed by atoms with Gasteiger partial charge in [0.15, 0.2) is 6.29 Å². The maximum absolute atomic E-state index is 10.9. The predicted octanol–water partition coefficient (Wildman–Crippen LogP) is 2.85. The first-order chi connectivity index (χ1) is 8.56. The standard InChI is InChI=1S/C10H11NOS.C3H6O2/c1-6-4-9-10(13-6)8(5-12)7(2)11(9)3;1-2-5-3-4/h4-5H,1-3H3;3H,2H2,1H3. The van der Waals surface area contributed by atoms with Gasteiger partial charge < -0.3 is 9.30 Å². The summed E-state index contributed by atoms with van der Waals surface area (Å²) < 4.78 is 7.34. The highest BCUT2D eigenvalue weighted by Crippen LogP contribution is 2.31. The van der Waals surface area contributed by atoms with Gasteiger partial charge in [-0.3, -0.25) is 9.59 Å². The van der Waals surface area contributed by atoms with Gasteiger partial charge in [0.2, 0.25) is 0 Å². The number of aldehydes is 1. The van der Waals surface area contributed by atoms with Gasteiger partial charge in [-0.25, -0.2) is 0 Å². The Morgan fingerprint density at radius 1 is 1.39 bits per heavy atom. The first kappa shape index (κ1) is 14.4. The molecule has 0 bridgehead atoms. The number of nitrogens with zero attached hydrogens (tertiary/aromatic N) is 1. The van der Waals surface area contributed by atoms with Crippen LogP contribution in [0.25, 0.3) is 10.2 Å². The average molecular weight is 267 g/mol. The van der Waals surface area contributed by atoms with Crippen molar-refractivity contribution in [2.45, 2.75) is 20.8 Å². The van der Waals surface area contributed by atoms with E-state index >= 15 is 0 Å². The van der Waals surface area contributed by atoms with Crippen molar-refractivity contribution in [2.24, 2.45) is 7.05 Å². The second kappa shape index (κ2) is 6.35. The smallest absolute Gasteiger partial charge is 0.293 e. The van der Waals surface area contributed by atoms with Crippen LogP contribution in [-0.2, 0) is 16.6 Å². The first-order valence-corrected chi connectivity index (χ1v) is 6.44. The van der Waals surface area contributed by atoms with Crippen LogP contribution in [0.2, 0.25) is 0 Å². The summed E-state index contributed by atoms with van der Waals surface area (Å²) in [6, 6.07) is 2.12. The highest BCUT2D eigenvalue weighted by atomic mass is 32.1. The monoisotopic (exact) mass is 267 g/mol. The predicted molar refractivity (Wildman–Crippen MR) is 73.3 cm³/mol. The number of thiophene rings is 1. The van der Waals surface area contributed by atoms with Crippen LogP contribution in [0.1, 0.15) is 27.9 Å². The third-order valence-corrected chi connectivity index (χ3v) is 3.76. The number of aromatic nitrogens is 1. The largest absolute Gasteiger partial charge is 0.468 e. The zero-order chi connectivity index (χ0) is 13.7. The number of ether oxygens (including phenoxy) is 1. The molecular weight excluding hydrogens is 250 g/mol. The van der Waals surface area contributed by atoms with Crippen molar-refractivity contribution in [3.8, 4) is 0 Å². The third-order valence-electron chi connectivity index (χ3n) is 2.69. The molecule has 0 unspecified atom stereocenters. The van der Waals surface area contributed by atoms with E-state index in [2.05, 4.69) is 22.3 Å². The van der Waals surface area contributed by atoms with Gasteiger partial charge in [-0.05, 0) is 26.8 Å². The van der Waals surface area contributed by atoms with E-state index in [4.69, 9.17) is 0 Å². The van der Waals surface area contributed by atoms with Crippen molar-refractivity contribution in [2.75, 3.05) is 6.61 Å². The summed E-state index contributed by atoms with van der Waals surface area (Å²) in [5.41, 5.74) is 3.06. The molecule has 0 N–H and O–H groups in total. The Bertz CT molecular complexity index is 554. The number of hydrogen-bond acceptors (Lipinski definition) is 4. The fourth-order valence-corrected chi connectivity index (χ4v) is 2.77. The minimum atomic E-state index is 0.431. The second-order valence-corrected chi connectivity index (χ2v) is 5.06. The van der Waals surface area contributed by atoms with E-state index in [0.29, 0.717) is 13.1 Å². The summed E-state index contributed by atoms with van der Waals surface area (Å²) in [5, 5.41) is 0. The molecule has 0 saturated carbocycles. The maximum Gasteiger partial charge on any atom is 0.293 e. The van der Waals surface area contributed by atoms with Crippen LogP contribution in [0, 0.1) is 13.8 Å². The normalized spacial score (nSPS) is 9.78. The minimum absolute atomic E-state index is 0.431. The molecule has 0 atom stereocenters. The summed E-state index contributed by atoms with van der Waals surface area (Å²) >= 11 is 1.69. The molecule has 0 amide bonds. The van der Waals surface area contributed by atoms with Gasteiger partial charge in [-0.2, -0.15) is 0 Å². The quantitative estimate of drug-likeness (QED) is 0.803. The Labute approximate surface area is 110 Å². The molecule has 2 aromatic heterocycles. The molecule has 2 rings (SSSR count). The van der Waals surface area contributed by atoms with E-state index in [-0.39, 0.29) is 0 Å². The SMILES string of the molecule is CCOC=O.Cc1cc2c(s1)c(C=O)c(C)n2C. The molecule has 0 saturated heterocycles. The summed E-state index contributed by atoms with van der Waals surface area (Å²) in [6.45, 7) is 6.71. The van der Waals surface area contributed by atoms with E-state index in [9.17, 15) is 9.59 Å². The van der Waals surface area contributed by atoms with Gasteiger partial charge in [-0.1, -0.05) is 0 Å². The number of rotatable bonds is 3. The summed E-state index contributed by atoms with van der Waals surface area (Å²) in [6.07, 6.45) is 0.952. The highest BCUT2D eigenvalue weighted by Gasteiger charge is 2.12. The number of aryl methyl sites for hydroxylation is 2. The van der Waals surface area contributed by atoms with E-state index in [1.807, 2.05) is 14.0 Å². The summed E-state index contributed by atoms with van der Waals surface area (Å²) in [5.74, 6) is 0. The summed E-state index contributed by atoms with van der Waals surface area (Å²) in [4.78, 5) is 21.3. The lowest BCUT2D eigenvalue weighted by molar-refractivity contribution is -0.128. The zero-order valence-electron chi connectivity index (χ0n) is 11.0. The fraction of sp³-hybridized carbons (Fsp3) is 0.385. The first-order valence-electron chi connectivity index (χ1n) is 5.62. The van der Waals surface area contributed by atoms with Crippen LogP contribution < -0.4 is 0 Å². The average Bonchev–Trinajstić information content (AvgIpc) is 2.81. The molecule has 2 heterocycles. The van der Waals surface area contributed by atoms with Crippen molar-refractivity contribution < 1.29 is 14.3 Å². The molecule has 2 aromatic rings. The zero-order valence-corrected chi connectivity index (χ0v) is 11.8. The maximum atomic E-state index is 10.9. The Hall–Kier alpha value is -1.62. The second-order valence-electron chi connectivity index (χ2n) is 3.80. The Morgan fingerprint density at radius 3 is 2.50 bits per heavy atom.